The fourth-order valence-electron chi connectivity index (χ4n) is 0.738. The van der Waals surface area contributed by atoms with Crippen LogP contribution in [0.5, 0.6) is 5.88 Å². The second-order valence-corrected chi connectivity index (χ2v) is 1.93. The van der Waals surface area contributed by atoms with E-state index in [-0.39, 0.29) is 0 Å². The number of H-pyrrole nitrogens is 1. The number of aromatic amines is 1. The first-order chi connectivity index (χ1) is 4.36. The summed E-state index contributed by atoms with van der Waals surface area (Å²) in [6.45, 7) is 2.11. The molecule has 0 fully saturated rings. The fraction of sp³-hybridized carbons (Fsp3) is 0.429. The van der Waals surface area contributed by atoms with Crippen molar-refractivity contribution in [1.82, 2.24) is 4.98 Å². The lowest BCUT2D eigenvalue weighted by molar-refractivity contribution is 0.400. The molecule has 0 bridgehead atoms. The molecule has 2 nitrogen and oxygen atoms in total. The molecule has 2 heteroatoms. The van der Waals surface area contributed by atoms with E-state index in [1.165, 1.54) is 5.56 Å². The second-order valence-electron chi connectivity index (χ2n) is 1.93. The maximum absolute atomic E-state index is 4.94. The summed E-state index contributed by atoms with van der Waals surface area (Å²) in [6.07, 6.45) is 3.01. The molecule has 0 amide bonds. The van der Waals surface area contributed by atoms with Crippen LogP contribution >= 0.6 is 0 Å². The summed E-state index contributed by atoms with van der Waals surface area (Å²) in [5.74, 6) is 0.840. The van der Waals surface area contributed by atoms with Crippen molar-refractivity contribution in [2.75, 3.05) is 7.11 Å². The normalized spacial score (nSPS) is 9.56. The van der Waals surface area contributed by atoms with Gasteiger partial charge in [0.1, 0.15) is 0 Å². The maximum atomic E-state index is 4.94. The van der Waals surface area contributed by atoms with Crippen LogP contribution in [0.25, 0.3) is 0 Å². The van der Waals surface area contributed by atoms with Crippen molar-refractivity contribution in [3.63, 3.8) is 0 Å². The van der Waals surface area contributed by atoms with Crippen molar-refractivity contribution in [2.24, 2.45) is 0 Å². The number of hydrogen-bond acceptors (Lipinski definition) is 1. The fourth-order valence-corrected chi connectivity index (χ4v) is 0.738. The van der Waals surface area contributed by atoms with Gasteiger partial charge < -0.3 is 9.72 Å². The Bertz CT molecular complexity index is 162. The zero-order chi connectivity index (χ0) is 6.69. The molecule has 1 N–H and O–H groups in total. The lowest BCUT2D eigenvalue weighted by atomic mass is 10.3. The van der Waals surface area contributed by atoms with Crippen molar-refractivity contribution in [1.29, 1.82) is 0 Å². The van der Waals surface area contributed by atoms with E-state index >= 15 is 0 Å². The number of aryl methyl sites for hydroxylation is 1. The summed E-state index contributed by atoms with van der Waals surface area (Å²) in [4.78, 5) is 2.98. The van der Waals surface area contributed by atoms with Gasteiger partial charge in [0.25, 0.3) is 0 Å². The number of hydrogen-bond donors (Lipinski definition) is 1. The predicted molar refractivity (Wildman–Crippen MR) is 36.7 cm³/mol. The molecule has 1 heterocycles. The molecule has 0 aliphatic carbocycles. The number of nitrogens with one attached hydrogen (secondary N) is 1. The van der Waals surface area contributed by atoms with E-state index in [9.17, 15) is 0 Å². The zero-order valence-corrected chi connectivity index (χ0v) is 5.77. The molecule has 0 aromatic carbocycles. The standard InChI is InChI=1S/C7H11NO/c1-3-6-4-7(9-2)8-5-6/h4-5,8H,3H2,1-2H3. The SMILES string of the molecule is CCc1c[nH]c(OC)c1. The third kappa shape index (κ3) is 1.25. The Morgan fingerprint density at radius 3 is 2.78 bits per heavy atom. The first-order valence-corrected chi connectivity index (χ1v) is 3.08. The Morgan fingerprint density at radius 2 is 2.44 bits per heavy atom. The molecular weight excluding hydrogens is 114 g/mol. The van der Waals surface area contributed by atoms with Gasteiger partial charge in [-0.05, 0) is 12.0 Å². The molecular formula is C7H11NO. The van der Waals surface area contributed by atoms with Gasteiger partial charge in [-0.15, -0.1) is 0 Å². The molecule has 0 spiro atoms. The van der Waals surface area contributed by atoms with E-state index < -0.39 is 0 Å². The monoisotopic (exact) mass is 125 g/mol. The minimum Gasteiger partial charge on any atom is -0.482 e. The van der Waals surface area contributed by atoms with Crippen molar-refractivity contribution in [3.05, 3.63) is 17.8 Å². The molecule has 50 valence electrons. The van der Waals surface area contributed by atoms with E-state index in [0.717, 1.165) is 12.3 Å². The topological polar surface area (TPSA) is 25.0 Å². The zero-order valence-electron chi connectivity index (χ0n) is 5.77. The van der Waals surface area contributed by atoms with Gasteiger partial charge in [-0.2, -0.15) is 0 Å². The summed E-state index contributed by atoms with van der Waals surface area (Å²) in [5, 5.41) is 0. The van der Waals surface area contributed by atoms with Crippen LogP contribution in [-0.2, 0) is 6.42 Å². The van der Waals surface area contributed by atoms with Crippen LogP contribution in [0.1, 0.15) is 12.5 Å². The van der Waals surface area contributed by atoms with Gasteiger partial charge in [0.05, 0.1) is 7.11 Å². The van der Waals surface area contributed by atoms with Gasteiger partial charge in [0, 0.05) is 12.3 Å². The molecule has 0 unspecified atom stereocenters. The van der Waals surface area contributed by atoms with E-state index in [1.807, 2.05) is 12.3 Å². The third-order valence-corrected chi connectivity index (χ3v) is 1.34. The van der Waals surface area contributed by atoms with E-state index in [0.29, 0.717) is 0 Å². The highest BCUT2D eigenvalue weighted by Crippen LogP contribution is 2.09. The number of ether oxygens (including phenoxy) is 1. The molecule has 1 rings (SSSR count). The molecule has 0 saturated carbocycles. The first-order valence-electron chi connectivity index (χ1n) is 3.08. The van der Waals surface area contributed by atoms with Gasteiger partial charge in [-0.1, -0.05) is 6.92 Å². The highest BCUT2D eigenvalue weighted by Gasteiger charge is 1.93. The van der Waals surface area contributed by atoms with Gasteiger partial charge >= 0.3 is 0 Å². The maximum Gasteiger partial charge on any atom is 0.190 e. The summed E-state index contributed by atoms with van der Waals surface area (Å²) in [6, 6.07) is 2.00. The lowest BCUT2D eigenvalue weighted by Crippen LogP contribution is -1.78. The Kier molecular flexibility index (Phi) is 1.78. The summed E-state index contributed by atoms with van der Waals surface area (Å²) < 4.78 is 4.94. The van der Waals surface area contributed by atoms with Crippen molar-refractivity contribution in [3.8, 4) is 5.88 Å². The van der Waals surface area contributed by atoms with E-state index in [4.69, 9.17) is 4.74 Å². The Morgan fingerprint density at radius 1 is 1.67 bits per heavy atom. The highest BCUT2D eigenvalue weighted by atomic mass is 16.5. The molecule has 0 aliphatic heterocycles. The molecule has 0 atom stereocenters. The summed E-state index contributed by atoms with van der Waals surface area (Å²) in [5.41, 5.74) is 1.28. The van der Waals surface area contributed by atoms with Crippen LogP contribution in [0.3, 0.4) is 0 Å². The van der Waals surface area contributed by atoms with Gasteiger partial charge in [-0.3, -0.25) is 0 Å². The minimum atomic E-state index is 0.840. The van der Waals surface area contributed by atoms with Gasteiger partial charge in [-0.25, -0.2) is 0 Å². The average Bonchev–Trinajstić information content (AvgIpc) is 2.34. The van der Waals surface area contributed by atoms with Gasteiger partial charge in [0.15, 0.2) is 5.88 Å². The van der Waals surface area contributed by atoms with Crippen LogP contribution in [0.15, 0.2) is 12.3 Å². The van der Waals surface area contributed by atoms with Crippen molar-refractivity contribution >= 4 is 0 Å². The Balaban J connectivity index is 2.74. The van der Waals surface area contributed by atoms with Crippen LogP contribution in [-0.4, -0.2) is 12.1 Å². The Hall–Kier alpha value is -0.920. The van der Waals surface area contributed by atoms with Crippen LogP contribution in [0.4, 0.5) is 0 Å². The van der Waals surface area contributed by atoms with Crippen LogP contribution < -0.4 is 4.74 Å². The van der Waals surface area contributed by atoms with E-state index in [2.05, 4.69) is 11.9 Å². The van der Waals surface area contributed by atoms with Crippen LogP contribution in [0.2, 0.25) is 0 Å². The lowest BCUT2D eigenvalue weighted by Gasteiger charge is -1.88. The largest absolute Gasteiger partial charge is 0.482 e. The molecule has 0 aliphatic rings. The average molecular weight is 125 g/mol. The molecule has 1 aromatic heterocycles. The smallest absolute Gasteiger partial charge is 0.190 e. The molecule has 1 aromatic rings. The van der Waals surface area contributed by atoms with Crippen molar-refractivity contribution < 1.29 is 4.74 Å². The Labute approximate surface area is 54.8 Å². The first kappa shape index (κ1) is 6.20. The number of aromatic nitrogens is 1. The van der Waals surface area contributed by atoms with Crippen LogP contribution in [0, 0.1) is 0 Å². The molecule has 0 radical (unpaired) electrons. The molecule has 0 saturated heterocycles. The number of rotatable bonds is 2. The molecule has 9 heavy (non-hydrogen) atoms. The summed E-state index contributed by atoms with van der Waals surface area (Å²) >= 11 is 0. The summed E-state index contributed by atoms with van der Waals surface area (Å²) in [7, 11) is 1.66. The minimum absolute atomic E-state index is 0.840. The quantitative estimate of drug-likeness (QED) is 0.637. The predicted octanol–water partition coefficient (Wildman–Crippen LogP) is 1.59. The van der Waals surface area contributed by atoms with E-state index in [1.54, 1.807) is 7.11 Å². The second kappa shape index (κ2) is 2.58. The number of methoxy groups -OCH3 is 1. The third-order valence-electron chi connectivity index (χ3n) is 1.34. The highest BCUT2D eigenvalue weighted by molar-refractivity contribution is 5.20. The van der Waals surface area contributed by atoms with Crippen molar-refractivity contribution in [2.45, 2.75) is 13.3 Å². The van der Waals surface area contributed by atoms with Gasteiger partial charge in [0.2, 0.25) is 0 Å².